The van der Waals surface area contributed by atoms with E-state index in [0.29, 0.717) is 12.4 Å². The number of nitrogens with zero attached hydrogens (tertiary/aromatic N) is 2. The lowest BCUT2D eigenvalue weighted by molar-refractivity contribution is 0.132. The molecule has 1 aromatic rings. The van der Waals surface area contributed by atoms with Crippen LogP contribution in [-0.2, 0) is 0 Å². The molecular weight excluding hydrogens is 268 g/mol. The average molecular weight is 294 g/mol. The molecule has 1 aromatic carbocycles. The Morgan fingerprint density at radius 3 is 2.52 bits per heavy atom. The number of hydrogen-bond acceptors (Lipinski definition) is 5. The molecule has 0 radical (unpaired) electrons. The van der Waals surface area contributed by atoms with Gasteiger partial charge in [0.1, 0.15) is 6.61 Å². The number of aliphatic hydroxyl groups is 1. The Labute approximate surface area is 127 Å². The molecule has 1 aliphatic heterocycles. The van der Waals surface area contributed by atoms with Crippen LogP contribution in [0.1, 0.15) is 18.6 Å². The zero-order chi connectivity index (χ0) is 15.2. The Kier molecular flexibility index (Phi) is 5.85. The Morgan fingerprint density at radius 1 is 1.19 bits per heavy atom. The normalized spacial score (nSPS) is 18.5. The molecule has 1 heterocycles. The highest BCUT2D eigenvalue weighted by atomic mass is 16.5. The van der Waals surface area contributed by atoms with Crippen LogP contribution in [0.3, 0.4) is 0 Å². The Balaban J connectivity index is 1.85. The lowest BCUT2D eigenvalue weighted by atomic mass is 10.1. The van der Waals surface area contributed by atoms with Crippen LogP contribution in [0.2, 0.25) is 0 Å². The van der Waals surface area contributed by atoms with E-state index < -0.39 is 6.10 Å². The minimum atomic E-state index is -0.502. The Hall–Kier alpha value is -1.30. The van der Waals surface area contributed by atoms with Gasteiger partial charge in [0.25, 0.3) is 0 Å². The maximum atomic E-state index is 9.60. The van der Waals surface area contributed by atoms with Crippen molar-refractivity contribution in [2.24, 2.45) is 0 Å². The molecule has 21 heavy (non-hydrogen) atoms. The first-order valence-corrected chi connectivity index (χ1v) is 7.50. The first-order valence-electron chi connectivity index (χ1n) is 7.50. The summed E-state index contributed by atoms with van der Waals surface area (Å²) in [5, 5.41) is 9.60. The van der Waals surface area contributed by atoms with Crippen LogP contribution in [0.4, 0.5) is 0 Å². The van der Waals surface area contributed by atoms with Crippen molar-refractivity contribution < 1.29 is 14.6 Å². The molecule has 1 atom stereocenters. The molecule has 1 N–H and O–H groups in total. The molecule has 118 valence electrons. The average Bonchev–Trinajstić information content (AvgIpc) is 2.49. The van der Waals surface area contributed by atoms with Crippen LogP contribution in [0.5, 0.6) is 11.5 Å². The quantitative estimate of drug-likeness (QED) is 0.858. The van der Waals surface area contributed by atoms with Gasteiger partial charge in [0, 0.05) is 32.7 Å². The van der Waals surface area contributed by atoms with Gasteiger partial charge in [-0.05, 0) is 31.7 Å². The van der Waals surface area contributed by atoms with Crippen LogP contribution in [-0.4, -0.2) is 68.4 Å². The van der Waals surface area contributed by atoms with Crippen molar-refractivity contribution in [3.8, 4) is 11.5 Å². The second-order valence-corrected chi connectivity index (χ2v) is 5.58. The fourth-order valence-corrected chi connectivity index (χ4v) is 2.42. The number of benzene rings is 1. The van der Waals surface area contributed by atoms with Gasteiger partial charge in [-0.15, -0.1) is 0 Å². The van der Waals surface area contributed by atoms with Crippen molar-refractivity contribution in [1.82, 2.24) is 9.80 Å². The number of rotatable bonds is 6. The number of ether oxygens (including phenoxy) is 2. The molecule has 5 heteroatoms. The highest BCUT2D eigenvalue weighted by Crippen LogP contribution is 2.30. The summed E-state index contributed by atoms with van der Waals surface area (Å²) < 4.78 is 11.2. The van der Waals surface area contributed by atoms with Crippen molar-refractivity contribution in [2.45, 2.75) is 13.0 Å². The van der Waals surface area contributed by atoms with Crippen LogP contribution in [0, 0.1) is 0 Å². The summed E-state index contributed by atoms with van der Waals surface area (Å²) in [5.74, 6) is 1.41. The smallest absolute Gasteiger partial charge is 0.161 e. The van der Waals surface area contributed by atoms with E-state index in [9.17, 15) is 5.11 Å². The first-order chi connectivity index (χ1) is 10.1. The molecule has 0 spiro atoms. The lowest BCUT2D eigenvalue weighted by Gasteiger charge is -2.32. The molecular formula is C16H26N2O3. The van der Waals surface area contributed by atoms with Crippen LogP contribution >= 0.6 is 0 Å². The maximum Gasteiger partial charge on any atom is 0.161 e. The van der Waals surface area contributed by atoms with Crippen molar-refractivity contribution in [2.75, 3.05) is 53.5 Å². The highest BCUT2D eigenvalue weighted by molar-refractivity contribution is 5.43. The third-order valence-corrected chi connectivity index (χ3v) is 3.93. The van der Waals surface area contributed by atoms with E-state index in [1.165, 1.54) is 0 Å². The fourth-order valence-electron chi connectivity index (χ4n) is 2.42. The van der Waals surface area contributed by atoms with Crippen LogP contribution in [0.25, 0.3) is 0 Å². The third kappa shape index (κ3) is 4.59. The van der Waals surface area contributed by atoms with Crippen LogP contribution in [0.15, 0.2) is 18.2 Å². The molecule has 5 nitrogen and oxygen atoms in total. The van der Waals surface area contributed by atoms with E-state index in [4.69, 9.17) is 9.47 Å². The molecule has 0 bridgehead atoms. The third-order valence-electron chi connectivity index (χ3n) is 3.93. The Bertz CT molecular complexity index is 443. The minimum absolute atomic E-state index is 0.502. The van der Waals surface area contributed by atoms with Gasteiger partial charge in [0.15, 0.2) is 11.5 Å². The monoisotopic (exact) mass is 294 g/mol. The molecule has 2 rings (SSSR count). The molecule has 0 aromatic heterocycles. The molecule has 0 unspecified atom stereocenters. The van der Waals surface area contributed by atoms with E-state index >= 15 is 0 Å². The van der Waals surface area contributed by atoms with E-state index in [-0.39, 0.29) is 0 Å². The van der Waals surface area contributed by atoms with E-state index in [1.54, 1.807) is 14.0 Å². The molecule has 1 aliphatic rings. The topological polar surface area (TPSA) is 45.2 Å². The first kappa shape index (κ1) is 16.1. The fraction of sp³-hybridized carbons (Fsp3) is 0.625. The Morgan fingerprint density at radius 2 is 1.90 bits per heavy atom. The van der Waals surface area contributed by atoms with Gasteiger partial charge in [-0.2, -0.15) is 0 Å². The summed E-state index contributed by atoms with van der Waals surface area (Å²) >= 11 is 0. The molecule has 0 saturated carbocycles. The summed E-state index contributed by atoms with van der Waals surface area (Å²) in [6, 6.07) is 5.57. The maximum absolute atomic E-state index is 9.60. The largest absolute Gasteiger partial charge is 0.493 e. The van der Waals surface area contributed by atoms with Crippen molar-refractivity contribution in [3.63, 3.8) is 0 Å². The number of piperazine rings is 1. The van der Waals surface area contributed by atoms with Gasteiger partial charge in [-0.1, -0.05) is 6.07 Å². The predicted octanol–water partition coefficient (Wildman–Crippen LogP) is 1.37. The summed E-state index contributed by atoms with van der Waals surface area (Å²) in [7, 11) is 3.77. The summed E-state index contributed by atoms with van der Waals surface area (Å²) in [6.45, 7) is 7.74. The zero-order valence-electron chi connectivity index (χ0n) is 13.2. The standard InChI is InChI=1S/C16H26N2O3/c1-13(19)14-4-5-15(16(12-14)20-3)21-11-10-18-8-6-17(2)7-9-18/h4-5,12-13,19H,6-11H2,1-3H3/t13-/m0/s1. The minimum Gasteiger partial charge on any atom is -0.493 e. The van der Waals surface area contributed by atoms with Gasteiger partial charge in [0.2, 0.25) is 0 Å². The van der Waals surface area contributed by atoms with Crippen molar-refractivity contribution >= 4 is 0 Å². The summed E-state index contributed by atoms with van der Waals surface area (Å²) in [4.78, 5) is 4.76. The zero-order valence-corrected chi connectivity index (χ0v) is 13.2. The number of aliphatic hydroxyl groups excluding tert-OH is 1. The molecule has 1 fully saturated rings. The lowest BCUT2D eigenvalue weighted by Crippen LogP contribution is -2.45. The van der Waals surface area contributed by atoms with Crippen molar-refractivity contribution in [1.29, 1.82) is 0 Å². The molecule has 0 amide bonds. The number of methoxy groups -OCH3 is 1. The van der Waals surface area contributed by atoms with Gasteiger partial charge in [0.05, 0.1) is 13.2 Å². The van der Waals surface area contributed by atoms with E-state index in [0.717, 1.165) is 44.0 Å². The van der Waals surface area contributed by atoms with Gasteiger partial charge < -0.3 is 19.5 Å². The summed E-state index contributed by atoms with van der Waals surface area (Å²) in [6.07, 6.45) is -0.502. The number of likely N-dealkylation sites (N-methyl/N-ethyl adjacent to an activating group) is 1. The SMILES string of the molecule is COc1cc([C@H](C)O)ccc1OCCN1CCN(C)CC1. The molecule has 0 aliphatic carbocycles. The molecule has 1 saturated heterocycles. The van der Waals surface area contributed by atoms with E-state index in [1.807, 2.05) is 18.2 Å². The van der Waals surface area contributed by atoms with Gasteiger partial charge in [-0.3, -0.25) is 4.90 Å². The predicted molar refractivity (Wildman–Crippen MR) is 83.1 cm³/mol. The van der Waals surface area contributed by atoms with Crippen molar-refractivity contribution in [3.05, 3.63) is 23.8 Å². The van der Waals surface area contributed by atoms with Gasteiger partial charge >= 0.3 is 0 Å². The number of hydrogen-bond donors (Lipinski definition) is 1. The van der Waals surface area contributed by atoms with Gasteiger partial charge in [-0.25, -0.2) is 0 Å². The highest BCUT2D eigenvalue weighted by Gasteiger charge is 2.14. The van der Waals surface area contributed by atoms with E-state index in [2.05, 4.69) is 16.8 Å². The summed E-state index contributed by atoms with van der Waals surface area (Å²) in [5.41, 5.74) is 0.832. The second-order valence-electron chi connectivity index (χ2n) is 5.58. The second kappa shape index (κ2) is 7.64. The van der Waals surface area contributed by atoms with Crippen LogP contribution < -0.4 is 9.47 Å².